The molecule has 8 heteroatoms. The number of para-hydroxylation sites is 1. The Morgan fingerprint density at radius 1 is 1.26 bits per heavy atom. The van der Waals surface area contributed by atoms with Crippen LogP contribution in [0.15, 0.2) is 53.6 Å². The van der Waals surface area contributed by atoms with E-state index in [4.69, 9.17) is 11.7 Å². The summed E-state index contributed by atoms with van der Waals surface area (Å²) in [7, 11) is -3.70. The molecule has 0 saturated carbocycles. The van der Waals surface area contributed by atoms with Gasteiger partial charge in [0.25, 0.3) is 10.0 Å². The number of pyridine rings is 1. The maximum absolute atomic E-state index is 12.5. The van der Waals surface area contributed by atoms with Crippen LogP contribution < -0.4 is 21.5 Å². The molecule has 0 aliphatic heterocycles. The molecule has 1 aromatic heterocycles. The Labute approximate surface area is 135 Å². The number of nitrogens with one attached hydrogen (secondary N) is 1. The van der Waals surface area contributed by atoms with Gasteiger partial charge in [0.2, 0.25) is 0 Å². The number of nitrogens with zero attached hydrogens (tertiary/aromatic N) is 2. The van der Waals surface area contributed by atoms with Crippen LogP contribution in [-0.4, -0.2) is 13.4 Å². The van der Waals surface area contributed by atoms with Gasteiger partial charge in [-0.1, -0.05) is 24.3 Å². The van der Waals surface area contributed by atoms with Gasteiger partial charge in [0.15, 0.2) is 0 Å². The van der Waals surface area contributed by atoms with Crippen LogP contribution in [0.1, 0.15) is 13.8 Å². The van der Waals surface area contributed by atoms with Crippen LogP contribution in [0.3, 0.4) is 0 Å². The Kier molecular flexibility index (Phi) is 4.99. The molecule has 1 heterocycles. The number of sulfonamides is 1. The Bertz CT molecular complexity index is 873. The van der Waals surface area contributed by atoms with Crippen molar-refractivity contribution in [3.63, 3.8) is 0 Å². The van der Waals surface area contributed by atoms with Crippen molar-refractivity contribution in [2.24, 2.45) is 11.7 Å². The fourth-order valence-corrected chi connectivity index (χ4v) is 3.38. The molecule has 23 heavy (non-hydrogen) atoms. The molecule has 0 saturated heterocycles. The molecule has 122 valence electrons. The lowest BCUT2D eigenvalue weighted by molar-refractivity contribution is 0.608. The van der Waals surface area contributed by atoms with Gasteiger partial charge in [0.05, 0.1) is 21.8 Å². The first-order valence-electron chi connectivity index (χ1n) is 6.89. The molecule has 0 radical (unpaired) electrons. The number of nitrogens with two attached hydrogens (primary N) is 2. The molecule has 0 aliphatic rings. The number of rotatable bonds is 5. The second-order valence-electron chi connectivity index (χ2n) is 4.74. The number of aromatic nitrogens is 1. The Hall–Kier alpha value is -2.42. The minimum Gasteiger partial charge on any atom is -0.277 e. The largest absolute Gasteiger partial charge is 0.277 e. The molecule has 2 aromatic rings. The van der Waals surface area contributed by atoms with Crippen molar-refractivity contribution in [1.29, 1.82) is 0 Å². The Morgan fingerprint density at radius 2 is 2.00 bits per heavy atom. The molecule has 0 atom stereocenters. The van der Waals surface area contributed by atoms with Gasteiger partial charge in [-0.2, -0.15) is 0 Å². The van der Waals surface area contributed by atoms with Crippen molar-refractivity contribution in [2.45, 2.75) is 13.8 Å². The second-order valence-corrected chi connectivity index (χ2v) is 6.42. The third-order valence-electron chi connectivity index (χ3n) is 3.20. The van der Waals surface area contributed by atoms with E-state index in [1.807, 2.05) is 0 Å². The minimum atomic E-state index is -3.70. The van der Waals surface area contributed by atoms with E-state index in [0.717, 1.165) is 5.12 Å². The van der Waals surface area contributed by atoms with Crippen molar-refractivity contribution in [3.8, 4) is 0 Å². The average Bonchev–Trinajstić information content (AvgIpc) is 2.51. The molecule has 2 rings (SSSR count). The first kappa shape index (κ1) is 16.9. The van der Waals surface area contributed by atoms with E-state index in [9.17, 15) is 8.42 Å². The summed E-state index contributed by atoms with van der Waals surface area (Å²) in [6.45, 7) is 3.41. The third kappa shape index (κ3) is 3.50. The fourth-order valence-electron chi connectivity index (χ4n) is 2.18. The number of hydrogen-bond donors (Lipinski definition) is 3. The van der Waals surface area contributed by atoms with Gasteiger partial charge in [-0.15, -0.1) is 0 Å². The molecule has 0 spiro atoms. The normalized spacial score (nSPS) is 12.8. The Morgan fingerprint density at radius 3 is 2.61 bits per heavy atom. The Balaban J connectivity index is 2.56. The molecule has 0 unspecified atom stereocenters. The smallest absolute Gasteiger partial charge is 0.261 e. The van der Waals surface area contributed by atoms with Gasteiger partial charge in [0.1, 0.15) is 0 Å². The summed E-state index contributed by atoms with van der Waals surface area (Å²) < 4.78 is 27.5. The monoisotopic (exact) mass is 333 g/mol. The highest BCUT2D eigenvalue weighted by Crippen LogP contribution is 2.29. The lowest BCUT2D eigenvalue weighted by Gasteiger charge is -2.16. The van der Waals surface area contributed by atoms with Crippen LogP contribution >= 0.6 is 0 Å². The number of anilines is 2. The summed E-state index contributed by atoms with van der Waals surface area (Å²) in [4.78, 5) is 4.41. The first-order chi connectivity index (χ1) is 10.9. The molecule has 0 bridgehead atoms. The molecule has 0 amide bonds. The summed E-state index contributed by atoms with van der Waals surface area (Å²) in [5.41, 5.74) is 1.36. The van der Waals surface area contributed by atoms with Gasteiger partial charge in [-0.25, -0.2) is 25.2 Å². The van der Waals surface area contributed by atoms with Crippen molar-refractivity contribution in [2.75, 3.05) is 9.84 Å². The second kappa shape index (κ2) is 6.78. The molecular formula is C15H19N5O2S. The topological polar surface area (TPSA) is 114 Å². The van der Waals surface area contributed by atoms with Crippen LogP contribution in [0.25, 0.3) is 10.9 Å². The highest BCUT2D eigenvalue weighted by atomic mass is 32.2. The standard InChI is InChI=1S/C15H19N5O2S/c1-3-6-11(4-2)23(21,22)19-13-8-5-7-12-14(20(16)17)9-10-18-15(12)13/h3-10,19H,16-17H2,1-2H3/b6-3-,11-4+. The fraction of sp³-hybridized carbons (Fsp3) is 0.133. The number of fused-ring (bicyclic) bond motifs is 1. The summed E-state index contributed by atoms with van der Waals surface area (Å²) >= 11 is 0. The first-order valence-corrected chi connectivity index (χ1v) is 8.38. The summed E-state index contributed by atoms with van der Waals surface area (Å²) in [5, 5.41) is 1.62. The van der Waals surface area contributed by atoms with Gasteiger partial charge < -0.3 is 0 Å². The lowest BCUT2D eigenvalue weighted by atomic mass is 10.1. The van der Waals surface area contributed by atoms with Crippen LogP contribution in [0.4, 0.5) is 11.4 Å². The van der Waals surface area contributed by atoms with Gasteiger partial charge in [-0.05, 0) is 32.1 Å². The van der Waals surface area contributed by atoms with E-state index in [2.05, 4.69) is 9.71 Å². The maximum atomic E-state index is 12.5. The van der Waals surface area contributed by atoms with Crippen LogP contribution in [0.5, 0.6) is 0 Å². The zero-order chi connectivity index (χ0) is 17.0. The van der Waals surface area contributed by atoms with Crippen LogP contribution in [0.2, 0.25) is 0 Å². The molecular weight excluding hydrogens is 314 g/mol. The third-order valence-corrected chi connectivity index (χ3v) is 4.68. The molecule has 0 fully saturated rings. The average molecular weight is 333 g/mol. The van der Waals surface area contributed by atoms with Crippen molar-refractivity contribution >= 4 is 32.3 Å². The highest BCUT2D eigenvalue weighted by molar-refractivity contribution is 7.96. The van der Waals surface area contributed by atoms with E-state index < -0.39 is 10.0 Å². The zero-order valence-corrected chi connectivity index (χ0v) is 13.7. The van der Waals surface area contributed by atoms with E-state index >= 15 is 0 Å². The molecule has 5 N–H and O–H groups in total. The summed E-state index contributed by atoms with van der Waals surface area (Å²) in [6.07, 6.45) is 6.22. The lowest BCUT2D eigenvalue weighted by Crippen LogP contribution is -2.38. The van der Waals surface area contributed by atoms with E-state index in [0.29, 0.717) is 22.3 Å². The molecule has 1 aromatic carbocycles. The number of hydrazine groups is 2. The molecule has 7 nitrogen and oxygen atoms in total. The van der Waals surface area contributed by atoms with E-state index in [-0.39, 0.29) is 4.91 Å². The quantitative estimate of drug-likeness (QED) is 0.438. The van der Waals surface area contributed by atoms with Gasteiger partial charge >= 0.3 is 0 Å². The predicted molar refractivity (Wildman–Crippen MR) is 93.7 cm³/mol. The van der Waals surface area contributed by atoms with E-state index in [1.54, 1.807) is 44.2 Å². The van der Waals surface area contributed by atoms with Crippen molar-refractivity contribution in [3.05, 3.63) is 53.6 Å². The van der Waals surface area contributed by atoms with Crippen molar-refractivity contribution < 1.29 is 8.42 Å². The number of allylic oxidation sites excluding steroid dienone is 3. The van der Waals surface area contributed by atoms with Crippen LogP contribution in [0, 0.1) is 0 Å². The maximum Gasteiger partial charge on any atom is 0.261 e. The van der Waals surface area contributed by atoms with Crippen molar-refractivity contribution in [1.82, 2.24) is 4.98 Å². The van der Waals surface area contributed by atoms with Gasteiger partial charge in [-0.3, -0.25) is 9.71 Å². The summed E-state index contributed by atoms with van der Waals surface area (Å²) in [5.74, 6) is 11.2. The van der Waals surface area contributed by atoms with Crippen LogP contribution in [-0.2, 0) is 10.0 Å². The number of hydrogen-bond acceptors (Lipinski definition) is 6. The molecule has 0 aliphatic carbocycles. The zero-order valence-electron chi connectivity index (χ0n) is 12.9. The number of benzene rings is 1. The summed E-state index contributed by atoms with van der Waals surface area (Å²) in [6, 6.07) is 6.76. The SMILES string of the molecule is C/C=C\C(=C/C)S(=O)(=O)Nc1cccc2c(N(N)N)ccnc12. The minimum absolute atomic E-state index is 0.174. The van der Waals surface area contributed by atoms with E-state index in [1.165, 1.54) is 18.3 Å². The predicted octanol–water partition coefficient (Wildman–Crippen LogP) is 2.01. The highest BCUT2D eigenvalue weighted by Gasteiger charge is 2.17. The van der Waals surface area contributed by atoms with Gasteiger partial charge in [0, 0.05) is 11.6 Å².